The lowest BCUT2D eigenvalue weighted by atomic mass is 10.1. The average molecular weight is 284 g/mol. The molecule has 19 heavy (non-hydrogen) atoms. The standard InChI is InChI=1S/C13H18ClN3O2/c1-9-4-5-10(16-13(19)8-14)7-11(9)17-12(18)3-2-6-15/h4-5,7H,2-3,6,8,15H2,1H3,(H,16,19)(H,17,18). The molecule has 0 aliphatic rings. The number of rotatable bonds is 6. The highest BCUT2D eigenvalue weighted by Crippen LogP contribution is 2.20. The zero-order valence-electron chi connectivity index (χ0n) is 10.8. The lowest BCUT2D eigenvalue weighted by Crippen LogP contribution is -2.15. The Bertz CT molecular complexity index is 463. The molecule has 0 bridgehead atoms. The van der Waals surface area contributed by atoms with E-state index in [-0.39, 0.29) is 17.7 Å². The summed E-state index contributed by atoms with van der Waals surface area (Å²) in [4.78, 5) is 22.8. The highest BCUT2D eigenvalue weighted by Gasteiger charge is 2.07. The van der Waals surface area contributed by atoms with Crippen LogP contribution in [0.3, 0.4) is 0 Å². The molecule has 0 aliphatic carbocycles. The number of hydrogen-bond donors (Lipinski definition) is 3. The molecular weight excluding hydrogens is 266 g/mol. The maximum absolute atomic E-state index is 11.6. The van der Waals surface area contributed by atoms with Crippen LogP contribution in [0.1, 0.15) is 18.4 Å². The van der Waals surface area contributed by atoms with E-state index in [0.29, 0.717) is 30.8 Å². The van der Waals surface area contributed by atoms with Crippen molar-refractivity contribution in [3.05, 3.63) is 23.8 Å². The van der Waals surface area contributed by atoms with Crippen LogP contribution in [0, 0.1) is 6.92 Å². The normalized spacial score (nSPS) is 10.1. The molecule has 0 saturated heterocycles. The molecule has 1 aromatic rings. The Hall–Kier alpha value is -1.59. The van der Waals surface area contributed by atoms with Gasteiger partial charge in [-0.2, -0.15) is 0 Å². The molecule has 0 aliphatic heterocycles. The number of amides is 2. The van der Waals surface area contributed by atoms with Gasteiger partial charge in [0.25, 0.3) is 0 Å². The predicted molar refractivity (Wildman–Crippen MR) is 77.4 cm³/mol. The molecule has 0 aromatic heterocycles. The fourth-order valence-corrected chi connectivity index (χ4v) is 1.57. The fourth-order valence-electron chi connectivity index (χ4n) is 1.50. The van der Waals surface area contributed by atoms with Crippen molar-refractivity contribution in [3.63, 3.8) is 0 Å². The molecule has 0 heterocycles. The molecular formula is C13H18ClN3O2. The van der Waals surface area contributed by atoms with E-state index in [0.717, 1.165) is 5.56 Å². The second kappa shape index (κ2) is 7.76. The van der Waals surface area contributed by atoms with Gasteiger partial charge >= 0.3 is 0 Å². The third kappa shape index (κ3) is 5.28. The van der Waals surface area contributed by atoms with Crippen LogP contribution in [0.25, 0.3) is 0 Å². The van der Waals surface area contributed by atoms with Crippen LogP contribution in [-0.4, -0.2) is 24.2 Å². The van der Waals surface area contributed by atoms with E-state index in [4.69, 9.17) is 17.3 Å². The van der Waals surface area contributed by atoms with Gasteiger partial charge in [0.1, 0.15) is 5.88 Å². The topological polar surface area (TPSA) is 84.2 Å². The summed E-state index contributed by atoms with van der Waals surface area (Å²) in [5.74, 6) is -0.480. The van der Waals surface area contributed by atoms with Crippen LogP contribution in [0.15, 0.2) is 18.2 Å². The maximum atomic E-state index is 11.6. The van der Waals surface area contributed by atoms with Gasteiger partial charge < -0.3 is 16.4 Å². The average Bonchev–Trinajstić information content (AvgIpc) is 2.40. The van der Waals surface area contributed by atoms with Crippen LogP contribution in [0.4, 0.5) is 11.4 Å². The van der Waals surface area contributed by atoms with Crippen molar-refractivity contribution in [2.75, 3.05) is 23.1 Å². The number of carbonyl (C=O) groups is 2. The summed E-state index contributed by atoms with van der Waals surface area (Å²) >= 11 is 5.42. The van der Waals surface area contributed by atoms with Gasteiger partial charge in [-0.15, -0.1) is 11.6 Å². The molecule has 1 aromatic carbocycles. The minimum absolute atomic E-state index is 0.0885. The second-order valence-electron chi connectivity index (χ2n) is 4.15. The van der Waals surface area contributed by atoms with Gasteiger partial charge in [-0.25, -0.2) is 0 Å². The maximum Gasteiger partial charge on any atom is 0.239 e. The first-order chi connectivity index (χ1) is 9.06. The van der Waals surface area contributed by atoms with Gasteiger partial charge in [0.05, 0.1) is 0 Å². The summed E-state index contributed by atoms with van der Waals surface area (Å²) in [6.45, 7) is 2.36. The van der Waals surface area contributed by atoms with Gasteiger partial charge in [0.15, 0.2) is 0 Å². The van der Waals surface area contributed by atoms with Gasteiger partial charge in [-0.05, 0) is 37.6 Å². The Kier molecular flexibility index (Phi) is 6.32. The number of alkyl halides is 1. The fraction of sp³-hybridized carbons (Fsp3) is 0.385. The number of halogens is 1. The lowest BCUT2D eigenvalue weighted by molar-refractivity contribution is -0.116. The minimum Gasteiger partial charge on any atom is -0.330 e. The van der Waals surface area contributed by atoms with Gasteiger partial charge in [-0.3, -0.25) is 9.59 Å². The number of benzene rings is 1. The summed E-state index contributed by atoms with van der Waals surface area (Å²) in [7, 11) is 0. The largest absolute Gasteiger partial charge is 0.330 e. The quantitative estimate of drug-likeness (QED) is 0.697. The van der Waals surface area contributed by atoms with Crippen molar-refractivity contribution in [2.45, 2.75) is 19.8 Å². The summed E-state index contributed by atoms with van der Waals surface area (Å²) < 4.78 is 0. The van der Waals surface area contributed by atoms with Crippen molar-refractivity contribution >= 4 is 34.8 Å². The molecule has 0 radical (unpaired) electrons. The zero-order valence-corrected chi connectivity index (χ0v) is 11.6. The molecule has 0 unspecified atom stereocenters. The molecule has 0 saturated carbocycles. The van der Waals surface area contributed by atoms with Crippen LogP contribution in [0.2, 0.25) is 0 Å². The predicted octanol–water partition coefficient (Wildman–Crippen LogP) is 1.85. The first-order valence-corrected chi connectivity index (χ1v) is 6.56. The Morgan fingerprint density at radius 1 is 1.26 bits per heavy atom. The van der Waals surface area contributed by atoms with E-state index in [1.807, 2.05) is 13.0 Å². The van der Waals surface area contributed by atoms with Crippen LogP contribution >= 0.6 is 11.6 Å². The van der Waals surface area contributed by atoms with Crippen molar-refractivity contribution in [1.82, 2.24) is 0 Å². The smallest absolute Gasteiger partial charge is 0.239 e. The third-order valence-corrected chi connectivity index (χ3v) is 2.77. The van der Waals surface area contributed by atoms with Gasteiger partial charge in [0, 0.05) is 17.8 Å². The third-order valence-electron chi connectivity index (χ3n) is 2.52. The number of aryl methyl sites for hydroxylation is 1. The van der Waals surface area contributed by atoms with Crippen molar-refractivity contribution in [2.24, 2.45) is 5.73 Å². The summed E-state index contributed by atoms with van der Waals surface area (Å²) in [5.41, 5.74) is 7.55. The van der Waals surface area contributed by atoms with Crippen LogP contribution in [-0.2, 0) is 9.59 Å². The Labute approximate surface area is 117 Å². The van der Waals surface area contributed by atoms with E-state index in [1.54, 1.807) is 12.1 Å². The Morgan fingerprint density at radius 3 is 2.63 bits per heavy atom. The molecule has 2 amide bonds. The highest BCUT2D eigenvalue weighted by molar-refractivity contribution is 6.29. The van der Waals surface area contributed by atoms with Crippen LogP contribution in [0.5, 0.6) is 0 Å². The summed E-state index contributed by atoms with van der Waals surface area (Å²) in [6.07, 6.45) is 1.03. The number of nitrogens with one attached hydrogen (secondary N) is 2. The van der Waals surface area contributed by atoms with Crippen molar-refractivity contribution in [1.29, 1.82) is 0 Å². The van der Waals surface area contributed by atoms with Crippen molar-refractivity contribution in [3.8, 4) is 0 Å². The number of anilines is 2. The monoisotopic (exact) mass is 283 g/mol. The van der Waals surface area contributed by atoms with Crippen molar-refractivity contribution < 1.29 is 9.59 Å². The summed E-state index contributed by atoms with van der Waals surface area (Å²) in [5, 5.41) is 5.43. The van der Waals surface area contributed by atoms with Gasteiger partial charge in [0.2, 0.25) is 11.8 Å². The number of hydrogen-bond acceptors (Lipinski definition) is 3. The molecule has 4 N–H and O–H groups in total. The second-order valence-corrected chi connectivity index (χ2v) is 4.42. The first-order valence-electron chi connectivity index (χ1n) is 6.03. The van der Waals surface area contributed by atoms with E-state index in [1.165, 1.54) is 0 Å². The molecule has 0 fully saturated rings. The molecule has 1 rings (SSSR count). The minimum atomic E-state index is -0.286. The highest BCUT2D eigenvalue weighted by atomic mass is 35.5. The number of nitrogens with two attached hydrogens (primary N) is 1. The zero-order chi connectivity index (χ0) is 14.3. The van der Waals surface area contributed by atoms with Gasteiger partial charge in [-0.1, -0.05) is 6.07 Å². The first kappa shape index (κ1) is 15.5. The molecule has 104 valence electrons. The Morgan fingerprint density at radius 2 is 2.00 bits per heavy atom. The lowest BCUT2D eigenvalue weighted by Gasteiger charge is -2.11. The number of carbonyl (C=O) groups excluding carboxylic acids is 2. The molecule has 5 nitrogen and oxygen atoms in total. The molecule has 0 spiro atoms. The van der Waals surface area contributed by atoms with E-state index < -0.39 is 0 Å². The van der Waals surface area contributed by atoms with E-state index in [9.17, 15) is 9.59 Å². The molecule has 0 atom stereocenters. The molecule has 6 heteroatoms. The summed E-state index contributed by atoms with van der Waals surface area (Å²) in [6, 6.07) is 5.29. The SMILES string of the molecule is Cc1ccc(NC(=O)CCl)cc1NC(=O)CCCN. The van der Waals surface area contributed by atoms with E-state index in [2.05, 4.69) is 10.6 Å². The van der Waals surface area contributed by atoms with E-state index >= 15 is 0 Å². The van der Waals surface area contributed by atoms with Crippen LogP contribution < -0.4 is 16.4 Å². The Balaban J connectivity index is 2.74.